The Bertz CT molecular complexity index is 705. The van der Waals surface area contributed by atoms with E-state index in [-0.39, 0.29) is 0 Å². The largest absolute Gasteiger partial charge is 0.388 e. The fourth-order valence-corrected chi connectivity index (χ4v) is 3.82. The highest BCUT2D eigenvalue weighted by Gasteiger charge is 2.27. The van der Waals surface area contributed by atoms with E-state index in [0.717, 1.165) is 0 Å². The Morgan fingerprint density at radius 3 is 2.67 bits per heavy atom. The zero-order chi connectivity index (χ0) is 17.1. The van der Waals surface area contributed by atoms with E-state index in [1.54, 1.807) is 0 Å². The van der Waals surface area contributed by atoms with Gasteiger partial charge < -0.3 is 10.2 Å². The molecule has 1 heterocycles. The molecule has 2 nitrogen and oxygen atoms in total. The second kappa shape index (κ2) is 7.29. The van der Waals surface area contributed by atoms with E-state index in [2.05, 4.69) is 67.4 Å². The van der Waals surface area contributed by atoms with Crippen LogP contribution in [0.4, 0.5) is 11.4 Å². The maximum Gasteiger partial charge on any atom is 0.0408 e. The Hall–Kier alpha value is -1.96. The molecule has 0 saturated heterocycles. The van der Waals surface area contributed by atoms with Gasteiger partial charge in [-0.05, 0) is 66.6 Å². The van der Waals surface area contributed by atoms with E-state index in [9.17, 15) is 0 Å². The van der Waals surface area contributed by atoms with Crippen LogP contribution in [0.15, 0.2) is 36.4 Å². The van der Waals surface area contributed by atoms with Crippen molar-refractivity contribution in [2.75, 3.05) is 23.8 Å². The summed E-state index contributed by atoms with van der Waals surface area (Å²) in [4.78, 5) is 2.65. The van der Waals surface area contributed by atoms with Gasteiger partial charge >= 0.3 is 0 Å². The summed E-state index contributed by atoms with van der Waals surface area (Å²) in [6, 6.07) is 14.4. The Morgan fingerprint density at radius 2 is 1.96 bits per heavy atom. The third kappa shape index (κ3) is 3.15. The Kier molecular flexibility index (Phi) is 5.13. The minimum atomic E-state index is 0.673. The SMILES string of the molecule is CCCCN1c2cc(-c3cc(NC)ccc3C)ccc2CC1CC. The van der Waals surface area contributed by atoms with Crippen molar-refractivity contribution in [2.24, 2.45) is 0 Å². The number of rotatable bonds is 6. The standard InChI is InChI=1S/C22H30N2/c1-5-7-12-24-20(6-2)13-18-10-9-17(14-22(18)24)21-15-19(23-4)11-8-16(21)3/h8-11,14-15,20,23H,5-7,12-13H2,1-4H3. The smallest absolute Gasteiger partial charge is 0.0408 e. The van der Waals surface area contributed by atoms with Crippen molar-refractivity contribution in [1.29, 1.82) is 0 Å². The van der Waals surface area contributed by atoms with Gasteiger partial charge in [-0.15, -0.1) is 0 Å². The van der Waals surface area contributed by atoms with Gasteiger partial charge in [-0.2, -0.15) is 0 Å². The normalized spacial score (nSPS) is 16.3. The van der Waals surface area contributed by atoms with Gasteiger partial charge in [-0.3, -0.25) is 0 Å². The zero-order valence-corrected chi connectivity index (χ0v) is 15.5. The number of hydrogen-bond donors (Lipinski definition) is 1. The Balaban J connectivity index is 1.99. The summed E-state index contributed by atoms with van der Waals surface area (Å²) >= 11 is 0. The number of anilines is 2. The highest BCUT2D eigenvalue weighted by molar-refractivity contribution is 5.76. The topological polar surface area (TPSA) is 15.3 Å². The molecule has 1 atom stereocenters. The number of nitrogens with one attached hydrogen (secondary N) is 1. The van der Waals surface area contributed by atoms with E-state index >= 15 is 0 Å². The molecule has 0 fully saturated rings. The molecule has 0 radical (unpaired) electrons. The van der Waals surface area contributed by atoms with Crippen molar-refractivity contribution < 1.29 is 0 Å². The minimum absolute atomic E-state index is 0.673. The first-order chi connectivity index (χ1) is 11.7. The van der Waals surface area contributed by atoms with Gasteiger partial charge in [0.05, 0.1) is 0 Å². The molecule has 1 N–H and O–H groups in total. The number of nitrogens with zero attached hydrogens (tertiary/aromatic N) is 1. The third-order valence-electron chi connectivity index (χ3n) is 5.35. The fourth-order valence-electron chi connectivity index (χ4n) is 3.82. The summed E-state index contributed by atoms with van der Waals surface area (Å²) in [6.45, 7) is 7.98. The van der Waals surface area contributed by atoms with E-state index in [1.807, 2.05) is 7.05 Å². The van der Waals surface area contributed by atoms with Crippen LogP contribution in [0.2, 0.25) is 0 Å². The predicted molar refractivity (Wildman–Crippen MR) is 106 cm³/mol. The number of aryl methyl sites for hydroxylation is 1. The summed E-state index contributed by atoms with van der Waals surface area (Å²) in [5.41, 5.74) is 8.15. The molecule has 1 aliphatic rings. The van der Waals surface area contributed by atoms with Crippen molar-refractivity contribution in [2.45, 2.75) is 52.5 Å². The second-order valence-corrected chi connectivity index (χ2v) is 6.94. The molecule has 0 bridgehead atoms. The molecule has 0 aromatic heterocycles. The highest BCUT2D eigenvalue weighted by Crippen LogP contribution is 2.38. The van der Waals surface area contributed by atoms with E-state index < -0.39 is 0 Å². The summed E-state index contributed by atoms with van der Waals surface area (Å²) in [6.07, 6.45) is 4.95. The monoisotopic (exact) mass is 322 g/mol. The van der Waals surface area contributed by atoms with Crippen molar-refractivity contribution in [1.82, 2.24) is 0 Å². The van der Waals surface area contributed by atoms with Gasteiger partial charge in [-0.1, -0.05) is 38.5 Å². The predicted octanol–water partition coefficient (Wildman–Crippen LogP) is 5.64. The molecule has 128 valence electrons. The van der Waals surface area contributed by atoms with Gasteiger partial charge in [0.1, 0.15) is 0 Å². The molecule has 0 aliphatic carbocycles. The van der Waals surface area contributed by atoms with Gasteiger partial charge in [0.15, 0.2) is 0 Å². The summed E-state index contributed by atoms with van der Waals surface area (Å²) < 4.78 is 0. The molecule has 2 heteroatoms. The lowest BCUT2D eigenvalue weighted by atomic mass is 9.97. The lowest BCUT2D eigenvalue weighted by molar-refractivity contribution is 0.587. The van der Waals surface area contributed by atoms with E-state index in [1.165, 1.54) is 65.9 Å². The first-order valence-electron chi connectivity index (χ1n) is 9.36. The Morgan fingerprint density at radius 1 is 1.12 bits per heavy atom. The highest BCUT2D eigenvalue weighted by atomic mass is 15.2. The molecular formula is C22H30N2. The number of fused-ring (bicyclic) bond motifs is 1. The number of unbranched alkanes of at least 4 members (excludes halogenated alkanes) is 1. The van der Waals surface area contributed by atoms with Crippen LogP contribution < -0.4 is 10.2 Å². The van der Waals surface area contributed by atoms with Gasteiger partial charge in [0, 0.05) is 31.0 Å². The quantitative estimate of drug-likeness (QED) is 0.740. The summed E-state index contributed by atoms with van der Waals surface area (Å²) in [7, 11) is 1.98. The van der Waals surface area contributed by atoms with Crippen LogP contribution >= 0.6 is 0 Å². The average Bonchev–Trinajstić information content (AvgIpc) is 2.97. The lowest BCUT2D eigenvalue weighted by Gasteiger charge is -2.27. The molecule has 1 aliphatic heterocycles. The van der Waals surface area contributed by atoms with Crippen LogP contribution in [0.25, 0.3) is 11.1 Å². The number of hydrogen-bond acceptors (Lipinski definition) is 2. The van der Waals surface area contributed by atoms with Crippen LogP contribution in [0.1, 0.15) is 44.2 Å². The first-order valence-corrected chi connectivity index (χ1v) is 9.36. The van der Waals surface area contributed by atoms with Crippen molar-refractivity contribution in [3.8, 4) is 11.1 Å². The van der Waals surface area contributed by atoms with Crippen molar-refractivity contribution >= 4 is 11.4 Å². The van der Waals surface area contributed by atoms with Crippen LogP contribution in [0, 0.1) is 6.92 Å². The lowest BCUT2D eigenvalue weighted by Crippen LogP contribution is -2.32. The molecule has 2 aromatic carbocycles. The van der Waals surface area contributed by atoms with Crippen LogP contribution in [0.5, 0.6) is 0 Å². The molecule has 0 amide bonds. The van der Waals surface area contributed by atoms with Gasteiger partial charge in [0.25, 0.3) is 0 Å². The van der Waals surface area contributed by atoms with Gasteiger partial charge in [0.2, 0.25) is 0 Å². The fraction of sp³-hybridized carbons (Fsp3) is 0.455. The minimum Gasteiger partial charge on any atom is -0.388 e. The summed E-state index contributed by atoms with van der Waals surface area (Å²) in [5.74, 6) is 0. The molecule has 2 aromatic rings. The van der Waals surface area contributed by atoms with E-state index in [4.69, 9.17) is 0 Å². The molecule has 0 spiro atoms. The molecule has 0 saturated carbocycles. The zero-order valence-electron chi connectivity index (χ0n) is 15.5. The second-order valence-electron chi connectivity index (χ2n) is 6.94. The van der Waals surface area contributed by atoms with Crippen molar-refractivity contribution in [3.63, 3.8) is 0 Å². The van der Waals surface area contributed by atoms with Gasteiger partial charge in [-0.25, -0.2) is 0 Å². The van der Waals surface area contributed by atoms with Crippen LogP contribution in [-0.2, 0) is 6.42 Å². The van der Waals surface area contributed by atoms with E-state index in [0.29, 0.717) is 6.04 Å². The summed E-state index contributed by atoms with van der Waals surface area (Å²) in [5, 5.41) is 3.26. The first kappa shape index (κ1) is 16.9. The third-order valence-corrected chi connectivity index (χ3v) is 5.35. The maximum absolute atomic E-state index is 3.26. The van der Waals surface area contributed by atoms with Crippen LogP contribution in [-0.4, -0.2) is 19.6 Å². The Labute approximate surface area is 146 Å². The molecular weight excluding hydrogens is 292 g/mol. The maximum atomic E-state index is 3.26. The van der Waals surface area contributed by atoms with Crippen molar-refractivity contribution in [3.05, 3.63) is 47.5 Å². The molecule has 3 rings (SSSR count). The van der Waals surface area contributed by atoms with Crippen LogP contribution in [0.3, 0.4) is 0 Å². The number of benzene rings is 2. The molecule has 1 unspecified atom stereocenters. The molecule has 24 heavy (non-hydrogen) atoms. The average molecular weight is 322 g/mol.